The molecule has 21 heavy (non-hydrogen) atoms. The maximum absolute atomic E-state index is 12.0. The van der Waals surface area contributed by atoms with Crippen LogP contribution in [0.1, 0.15) is 20.3 Å². The predicted molar refractivity (Wildman–Crippen MR) is 83.1 cm³/mol. The lowest BCUT2D eigenvalue weighted by Crippen LogP contribution is -2.48. The molecule has 0 aliphatic heterocycles. The Morgan fingerprint density at radius 1 is 1.33 bits per heavy atom. The van der Waals surface area contributed by atoms with Gasteiger partial charge in [-0.05, 0) is 37.6 Å². The summed E-state index contributed by atoms with van der Waals surface area (Å²) in [4.78, 5) is 12.0. The maximum Gasteiger partial charge on any atom is 0.243 e. The molecule has 1 rings (SSSR count). The van der Waals surface area contributed by atoms with E-state index in [1.54, 1.807) is 31.2 Å². The summed E-state index contributed by atoms with van der Waals surface area (Å²) < 4.78 is 30.2. The van der Waals surface area contributed by atoms with Crippen LogP contribution in [0.2, 0.25) is 0 Å². The lowest BCUT2D eigenvalue weighted by molar-refractivity contribution is -0.121. The number of hydrogen-bond acceptors (Lipinski definition) is 4. The number of benzene rings is 1. The quantitative estimate of drug-likeness (QED) is 0.825. The second kappa shape index (κ2) is 7.31. The zero-order chi connectivity index (χ0) is 16.0. The molecule has 0 heterocycles. The van der Waals surface area contributed by atoms with E-state index < -0.39 is 16.1 Å². The summed E-state index contributed by atoms with van der Waals surface area (Å²) in [7, 11) is -2.04. The van der Waals surface area contributed by atoms with Crippen molar-refractivity contribution in [3.05, 3.63) is 24.3 Å². The van der Waals surface area contributed by atoms with E-state index in [-0.39, 0.29) is 5.91 Å². The molecule has 0 aliphatic carbocycles. The van der Waals surface area contributed by atoms with Crippen molar-refractivity contribution in [1.82, 2.24) is 5.32 Å². The molecule has 0 spiro atoms. The molecule has 118 valence electrons. The Kier molecular flexibility index (Phi) is 6.02. The van der Waals surface area contributed by atoms with Crippen LogP contribution in [0.3, 0.4) is 0 Å². The number of carbonyl (C=O) groups is 1. The Morgan fingerprint density at radius 3 is 2.33 bits per heavy atom. The SMILES string of the molecule is CCCNC(=O)C(C)N(c1ccc(OC)cc1)S(C)(=O)=O. The molecule has 1 unspecified atom stereocenters. The van der Waals surface area contributed by atoms with E-state index in [1.807, 2.05) is 6.92 Å². The lowest BCUT2D eigenvalue weighted by atomic mass is 10.2. The fourth-order valence-electron chi connectivity index (χ4n) is 1.93. The van der Waals surface area contributed by atoms with E-state index in [1.165, 1.54) is 7.11 Å². The molecule has 0 saturated heterocycles. The van der Waals surface area contributed by atoms with E-state index in [9.17, 15) is 13.2 Å². The highest BCUT2D eigenvalue weighted by atomic mass is 32.2. The average Bonchev–Trinajstić information content (AvgIpc) is 2.44. The van der Waals surface area contributed by atoms with Gasteiger partial charge in [-0.3, -0.25) is 9.10 Å². The summed E-state index contributed by atoms with van der Waals surface area (Å²) in [5.41, 5.74) is 0.428. The van der Waals surface area contributed by atoms with Crippen LogP contribution in [0.15, 0.2) is 24.3 Å². The van der Waals surface area contributed by atoms with Crippen molar-refractivity contribution in [3.8, 4) is 5.75 Å². The maximum atomic E-state index is 12.0. The lowest BCUT2D eigenvalue weighted by Gasteiger charge is -2.28. The summed E-state index contributed by atoms with van der Waals surface area (Å²) in [5, 5.41) is 2.71. The van der Waals surface area contributed by atoms with Gasteiger partial charge >= 0.3 is 0 Å². The van der Waals surface area contributed by atoms with Crippen LogP contribution in [0, 0.1) is 0 Å². The third kappa shape index (κ3) is 4.63. The molecule has 6 nitrogen and oxygen atoms in total. The molecule has 0 aromatic heterocycles. The molecule has 7 heteroatoms. The van der Waals surface area contributed by atoms with Crippen molar-refractivity contribution in [2.24, 2.45) is 0 Å². The number of methoxy groups -OCH3 is 1. The highest BCUT2D eigenvalue weighted by Gasteiger charge is 2.28. The van der Waals surface area contributed by atoms with Crippen LogP contribution in [0.5, 0.6) is 5.75 Å². The van der Waals surface area contributed by atoms with E-state index >= 15 is 0 Å². The molecule has 1 aromatic rings. The second-order valence-corrected chi connectivity index (χ2v) is 6.58. The number of anilines is 1. The zero-order valence-corrected chi connectivity index (χ0v) is 13.6. The highest BCUT2D eigenvalue weighted by molar-refractivity contribution is 7.92. The van der Waals surface area contributed by atoms with Crippen LogP contribution in [0.25, 0.3) is 0 Å². The minimum absolute atomic E-state index is 0.321. The fraction of sp³-hybridized carbons (Fsp3) is 0.500. The van der Waals surface area contributed by atoms with E-state index in [4.69, 9.17) is 4.74 Å². The third-order valence-corrected chi connectivity index (χ3v) is 4.21. The number of nitrogens with one attached hydrogen (secondary N) is 1. The van der Waals surface area contributed by atoms with Crippen LogP contribution in [-0.2, 0) is 14.8 Å². The van der Waals surface area contributed by atoms with Gasteiger partial charge in [-0.25, -0.2) is 8.42 Å². The van der Waals surface area contributed by atoms with Gasteiger partial charge in [0.05, 0.1) is 19.1 Å². The third-order valence-electron chi connectivity index (χ3n) is 2.96. The Labute approximate surface area is 126 Å². The van der Waals surface area contributed by atoms with Crippen LogP contribution >= 0.6 is 0 Å². The Bertz CT molecular complexity index is 569. The molecule has 0 aliphatic rings. The van der Waals surface area contributed by atoms with Crippen molar-refractivity contribution in [2.75, 3.05) is 24.2 Å². The van der Waals surface area contributed by atoms with Crippen molar-refractivity contribution < 1.29 is 17.9 Å². The average molecular weight is 314 g/mol. The van der Waals surface area contributed by atoms with Gasteiger partial charge < -0.3 is 10.1 Å². The number of sulfonamides is 1. The topological polar surface area (TPSA) is 75.7 Å². The summed E-state index contributed by atoms with van der Waals surface area (Å²) >= 11 is 0. The molecule has 1 amide bonds. The van der Waals surface area contributed by atoms with Gasteiger partial charge in [-0.15, -0.1) is 0 Å². The number of ether oxygens (including phenoxy) is 1. The Morgan fingerprint density at radius 2 is 1.90 bits per heavy atom. The van der Waals surface area contributed by atoms with Gasteiger partial charge in [0.2, 0.25) is 15.9 Å². The van der Waals surface area contributed by atoms with Crippen LogP contribution in [0.4, 0.5) is 5.69 Å². The second-order valence-electron chi connectivity index (χ2n) is 4.72. The highest BCUT2D eigenvalue weighted by Crippen LogP contribution is 2.23. The normalized spacial score (nSPS) is 12.6. The first kappa shape index (κ1) is 17.3. The Hall–Kier alpha value is -1.76. The number of hydrogen-bond donors (Lipinski definition) is 1. The Balaban J connectivity index is 3.08. The van der Waals surface area contributed by atoms with Crippen LogP contribution < -0.4 is 14.4 Å². The van der Waals surface area contributed by atoms with Gasteiger partial charge in [0.1, 0.15) is 11.8 Å². The molecular weight excluding hydrogens is 292 g/mol. The first-order chi connectivity index (χ1) is 9.81. The smallest absolute Gasteiger partial charge is 0.243 e. The monoisotopic (exact) mass is 314 g/mol. The summed E-state index contributed by atoms with van der Waals surface area (Å²) in [6.07, 6.45) is 1.88. The number of amides is 1. The zero-order valence-electron chi connectivity index (χ0n) is 12.8. The van der Waals surface area contributed by atoms with Crippen molar-refractivity contribution in [3.63, 3.8) is 0 Å². The van der Waals surface area contributed by atoms with Crippen molar-refractivity contribution in [2.45, 2.75) is 26.3 Å². The first-order valence-corrected chi connectivity index (χ1v) is 8.57. The minimum atomic E-state index is -3.58. The van der Waals surface area contributed by atoms with Gasteiger partial charge in [0, 0.05) is 6.54 Å². The molecule has 1 N–H and O–H groups in total. The largest absolute Gasteiger partial charge is 0.497 e. The van der Waals surface area contributed by atoms with Crippen molar-refractivity contribution in [1.29, 1.82) is 0 Å². The molecule has 1 aromatic carbocycles. The van der Waals surface area contributed by atoms with Crippen molar-refractivity contribution >= 4 is 21.6 Å². The first-order valence-electron chi connectivity index (χ1n) is 6.72. The van der Waals surface area contributed by atoms with Gasteiger partial charge in [0.25, 0.3) is 0 Å². The molecular formula is C14H22N2O4S. The fourth-order valence-corrected chi connectivity index (χ4v) is 3.11. The number of nitrogens with zero attached hydrogens (tertiary/aromatic N) is 1. The number of rotatable bonds is 7. The van der Waals surface area contributed by atoms with Crippen LogP contribution in [-0.4, -0.2) is 40.3 Å². The minimum Gasteiger partial charge on any atom is -0.497 e. The predicted octanol–water partition coefficient (Wildman–Crippen LogP) is 1.38. The standard InChI is InChI=1S/C14H22N2O4S/c1-5-10-15-14(17)11(2)16(21(4,18)19)12-6-8-13(20-3)9-7-12/h6-9,11H,5,10H2,1-4H3,(H,15,17). The molecule has 0 fully saturated rings. The molecule has 0 bridgehead atoms. The molecule has 1 atom stereocenters. The van der Waals surface area contributed by atoms with E-state index in [0.717, 1.165) is 17.0 Å². The van der Waals surface area contributed by atoms with E-state index in [0.29, 0.717) is 18.0 Å². The van der Waals surface area contributed by atoms with Gasteiger partial charge in [-0.2, -0.15) is 0 Å². The van der Waals surface area contributed by atoms with Gasteiger partial charge in [-0.1, -0.05) is 6.92 Å². The van der Waals surface area contributed by atoms with E-state index in [2.05, 4.69) is 5.32 Å². The van der Waals surface area contributed by atoms with Gasteiger partial charge in [0.15, 0.2) is 0 Å². The number of carbonyl (C=O) groups excluding carboxylic acids is 1. The molecule has 0 saturated carbocycles. The summed E-state index contributed by atoms with van der Waals surface area (Å²) in [6, 6.07) is 5.72. The summed E-state index contributed by atoms with van der Waals surface area (Å²) in [5.74, 6) is 0.299. The summed E-state index contributed by atoms with van der Waals surface area (Å²) in [6.45, 7) is 4.02. The molecule has 0 radical (unpaired) electrons.